The van der Waals surface area contributed by atoms with E-state index in [4.69, 9.17) is 4.52 Å². The van der Waals surface area contributed by atoms with Crippen LogP contribution >= 0.6 is 0 Å². The number of aromatic nitrogens is 2. The highest BCUT2D eigenvalue weighted by Crippen LogP contribution is 2.28. The summed E-state index contributed by atoms with van der Waals surface area (Å²) >= 11 is 0. The maximum Gasteiger partial charge on any atom is 0.277 e. The van der Waals surface area contributed by atoms with E-state index in [9.17, 15) is 19.2 Å². The molecule has 3 heterocycles. The second-order valence-corrected chi connectivity index (χ2v) is 9.51. The van der Waals surface area contributed by atoms with Crippen molar-refractivity contribution in [3.63, 3.8) is 0 Å². The van der Waals surface area contributed by atoms with Crippen LogP contribution in [0.3, 0.4) is 0 Å². The average molecular weight is 539 g/mol. The second kappa shape index (κ2) is 10.8. The molecule has 202 valence electrons. The Morgan fingerprint density at radius 1 is 0.975 bits per heavy atom. The number of fused-ring (bicyclic) bond motifs is 1. The Morgan fingerprint density at radius 2 is 1.75 bits per heavy atom. The van der Waals surface area contributed by atoms with Crippen LogP contribution in [0, 0.1) is 13.8 Å². The van der Waals surface area contributed by atoms with Gasteiger partial charge in [-0.2, -0.15) is 0 Å². The molecule has 0 saturated carbocycles. The minimum atomic E-state index is -0.772. The maximum atomic E-state index is 13.5. The fourth-order valence-electron chi connectivity index (χ4n) is 4.19. The first-order valence-corrected chi connectivity index (χ1v) is 12.5. The quantitative estimate of drug-likeness (QED) is 0.334. The van der Waals surface area contributed by atoms with Crippen LogP contribution < -0.4 is 16.0 Å². The normalized spacial score (nSPS) is 14.7. The minimum Gasteiger partial charge on any atom is -0.361 e. The van der Waals surface area contributed by atoms with Crippen LogP contribution in [-0.4, -0.2) is 44.7 Å². The summed E-state index contributed by atoms with van der Waals surface area (Å²) in [5.41, 5.74) is 3.23. The number of hydrogen-bond acceptors (Lipinski definition) is 7. The minimum absolute atomic E-state index is 0.114. The molecule has 0 aliphatic carbocycles. The summed E-state index contributed by atoms with van der Waals surface area (Å²) in [6.45, 7) is 5.38. The van der Waals surface area contributed by atoms with E-state index < -0.39 is 11.9 Å². The van der Waals surface area contributed by atoms with Crippen LogP contribution in [0.4, 0.5) is 17.2 Å². The molecular weight excluding hydrogens is 512 g/mol. The molecule has 0 spiro atoms. The molecule has 4 amide bonds. The molecule has 0 fully saturated rings. The van der Waals surface area contributed by atoms with Crippen molar-refractivity contribution in [2.75, 3.05) is 16.0 Å². The van der Waals surface area contributed by atoms with E-state index in [1.165, 1.54) is 17.0 Å². The number of benzene rings is 2. The van der Waals surface area contributed by atoms with Crippen molar-refractivity contribution in [3.8, 4) is 0 Å². The number of nitrogens with zero attached hydrogens (tertiary/aromatic N) is 3. The SMILES string of the molecule is Cc1ccc(NC(=O)c2ccc(CN3C(=O)c4ccc(NC(=O)c5cc(C)on5)cc4NC(=O)[C@H]3C)cc2)nc1. The lowest BCUT2D eigenvalue weighted by molar-refractivity contribution is -0.120. The van der Waals surface area contributed by atoms with Gasteiger partial charge in [0.25, 0.3) is 17.7 Å². The first-order valence-electron chi connectivity index (χ1n) is 12.5. The zero-order valence-corrected chi connectivity index (χ0v) is 22.0. The molecule has 3 N–H and O–H groups in total. The Morgan fingerprint density at radius 3 is 2.42 bits per heavy atom. The van der Waals surface area contributed by atoms with Gasteiger partial charge in [0, 0.05) is 30.1 Å². The molecule has 11 nitrogen and oxygen atoms in total. The Balaban J connectivity index is 1.30. The zero-order valence-electron chi connectivity index (χ0n) is 22.0. The van der Waals surface area contributed by atoms with E-state index in [1.54, 1.807) is 62.5 Å². The van der Waals surface area contributed by atoms with Gasteiger partial charge in [0.1, 0.15) is 17.6 Å². The van der Waals surface area contributed by atoms with Crippen LogP contribution in [-0.2, 0) is 11.3 Å². The molecule has 11 heteroatoms. The van der Waals surface area contributed by atoms with E-state index in [1.807, 2.05) is 13.0 Å². The van der Waals surface area contributed by atoms with Gasteiger partial charge >= 0.3 is 0 Å². The Labute approximate surface area is 229 Å². The van der Waals surface area contributed by atoms with Gasteiger partial charge in [-0.05, 0) is 68.3 Å². The lowest BCUT2D eigenvalue weighted by Gasteiger charge is -2.26. The summed E-state index contributed by atoms with van der Waals surface area (Å²) in [5, 5.41) is 11.9. The Kier molecular flexibility index (Phi) is 7.11. The Hall–Kier alpha value is -5.32. The molecule has 1 aliphatic rings. The van der Waals surface area contributed by atoms with Gasteiger partial charge in [0.05, 0.1) is 11.3 Å². The number of carbonyl (C=O) groups excluding carboxylic acids is 4. The highest BCUT2D eigenvalue weighted by molar-refractivity contribution is 6.11. The fourth-order valence-corrected chi connectivity index (χ4v) is 4.19. The van der Waals surface area contributed by atoms with E-state index in [-0.39, 0.29) is 41.2 Å². The standard InChI is InChI=1S/C29H26N6O5/c1-16-4-11-25(30-14-16)33-27(37)20-7-5-19(6-8-20)15-35-18(3)26(36)32-23-13-21(9-10-22(23)29(35)39)31-28(38)24-12-17(2)40-34-24/h4-14,18H,15H2,1-3H3,(H,31,38)(H,32,36)(H,30,33,37)/t18-/m1/s1. The van der Waals surface area contributed by atoms with Gasteiger partial charge in [0.2, 0.25) is 5.91 Å². The third-order valence-corrected chi connectivity index (χ3v) is 6.46. The van der Waals surface area contributed by atoms with Gasteiger partial charge in [-0.3, -0.25) is 19.2 Å². The molecule has 1 aliphatic heterocycles. The van der Waals surface area contributed by atoms with E-state index in [0.29, 0.717) is 22.8 Å². The van der Waals surface area contributed by atoms with Gasteiger partial charge in [-0.1, -0.05) is 23.4 Å². The summed E-state index contributed by atoms with van der Waals surface area (Å²) in [5.74, 6) is -0.564. The van der Waals surface area contributed by atoms with Gasteiger partial charge in [-0.15, -0.1) is 0 Å². The zero-order chi connectivity index (χ0) is 28.4. The number of anilines is 3. The van der Waals surface area contributed by atoms with Gasteiger partial charge in [0.15, 0.2) is 5.69 Å². The predicted molar refractivity (Wildman–Crippen MR) is 147 cm³/mol. The smallest absolute Gasteiger partial charge is 0.277 e. The number of pyridine rings is 1. The highest BCUT2D eigenvalue weighted by Gasteiger charge is 2.32. The van der Waals surface area contributed by atoms with Crippen LogP contribution in [0.25, 0.3) is 0 Å². The van der Waals surface area contributed by atoms with Crippen LogP contribution in [0.1, 0.15) is 55.0 Å². The van der Waals surface area contributed by atoms with Crippen molar-refractivity contribution >= 4 is 40.8 Å². The molecule has 0 bridgehead atoms. The topological polar surface area (TPSA) is 147 Å². The van der Waals surface area contributed by atoms with Crippen molar-refractivity contribution in [1.29, 1.82) is 0 Å². The number of carbonyl (C=O) groups is 4. The number of hydrogen-bond donors (Lipinski definition) is 3. The highest BCUT2D eigenvalue weighted by atomic mass is 16.5. The Bertz CT molecular complexity index is 1610. The first kappa shape index (κ1) is 26.3. The lowest BCUT2D eigenvalue weighted by Crippen LogP contribution is -2.42. The van der Waals surface area contributed by atoms with E-state index in [0.717, 1.165) is 11.1 Å². The molecule has 0 unspecified atom stereocenters. The van der Waals surface area contributed by atoms with Crippen molar-refractivity contribution in [1.82, 2.24) is 15.0 Å². The molecule has 4 aromatic rings. The molecule has 40 heavy (non-hydrogen) atoms. The molecular formula is C29H26N6O5. The lowest BCUT2D eigenvalue weighted by atomic mass is 10.1. The summed E-state index contributed by atoms with van der Waals surface area (Å²) in [4.78, 5) is 57.1. The van der Waals surface area contributed by atoms with Crippen molar-refractivity contribution in [2.45, 2.75) is 33.4 Å². The predicted octanol–water partition coefficient (Wildman–Crippen LogP) is 4.17. The maximum absolute atomic E-state index is 13.5. The molecule has 5 rings (SSSR count). The van der Waals surface area contributed by atoms with Crippen molar-refractivity contribution in [2.24, 2.45) is 0 Å². The largest absolute Gasteiger partial charge is 0.361 e. The number of amides is 4. The summed E-state index contributed by atoms with van der Waals surface area (Å²) < 4.78 is 4.94. The fraction of sp³-hybridized carbons (Fsp3) is 0.172. The molecule has 2 aromatic carbocycles. The molecule has 1 atom stereocenters. The first-order chi connectivity index (χ1) is 19.2. The second-order valence-electron chi connectivity index (χ2n) is 9.51. The average Bonchev–Trinajstić information content (AvgIpc) is 3.36. The van der Waals surface area contributed by atoms with Gasteiger partial charge in [-0.25, -0.2) is 4.98 Å². The molecule has 0 radical (unpaired) electrons. The van der Waals surface area contributed by atoms with Crippen molar-refractivity contribution in [3.05, 3.63) is 101 Å². The molecule has 2 aromatic heterocycles. The van der Waals surface area contributed by atoms with Crippen molar-refractivity contribution < 1.29 is 23.7 Å². The monoisotopic (exact) mass is 538 g/mol. The summed E-state index contributed by atoms with van der Waals surface area (Å²) in [7, 11) is 0. The number of rotatable bonds is 6. The van der Waals surface area contributed by atoms with Gasteiger partial charge < -0.3 is 25.4 Å². The van der Waals surface area contributed by atoms with E-state index >= 15 is 0 Å². The summed E-state index contributed by atoms with van der Waals surface area (Å²) in [6, 6.07) is 15.8. The molecule has 0 saturated heterocycles. The number of aryl methyl sites for hydroxylation is 2. The van der Waals surface area contributed by atoms with Crippen LogP contribution in [0.15, 0.2) is 71.4 Å². The third-order valence-electron chi connectivity index (χ3n) is 6.46. The summed E-state index contributed by atoms with van der Waals surface area (Å²) in [6.07, 6.45) is 1.67. The van der Waals surface area contributed by atoms with E-state index in [2.05, 4.69) is 26.1 Å². The number of nitrogens with one attached hydrogen (secondary N) is 3. The van der Waals surface area contributed by atoms with Crippen LogP contribution in [0.2, 0.25) is 0 Å². The van der Waals surface area contributed by atoms with Crippen LogP contribution in [0.5, 0.6) is 0 Å². The third kappa shape index (κ3) is 5.58.